The molecule has 0 spiro atoms. The van der Waals surface area contributed by atoms with Crippen LogP contribution in [0.15, 0.2) is 199 Å². The predicted molar refractivity (Wildman–Crippen MR) is 221 cm³/mol. The van der Waals surface area contributed by atoms with Crippen molar-refractivity contribution < 1.29 is 4.74 Å². The van der Waals surface area contributed by atoms with Crippen LogP contribution in [0, 0.1) is 5.41 Å². The van der Waals surface area contributed by atoms with Crippen LogP contribution in [0.2, 0.25) is 0 Å². The Labute approximate surface area is 312 Å². The maximum absolute atomic E-state index is 8.71. The number of nitrogens with two attached hydrogens (primary N) is 2. The Hall–Kier alpha value is -6.98. The Bertz CT molecular complexity index is 2310. The lowest BCUT2D eigenvalue weighted by atomic mass is 9.92. The lowest BCUT2D eigenvalue weighted by Crippen LogP contribution is -2.15. The molecule has 5 heteroatoms. The van der Waals surface area contributed by atoms with Gasteiger partial charge in [0.15, 0.2) is 0 Å². The largest absolute Gasteiger partial charge is 0.496 e. The first-order valence-electron chi connectivity index (χ1n) is 17.4. The van der Waals surface area contributed by atoms with Gasteiger partial charge in [0.1, 0.15) is 11.6 Å². The van der Waals surface area contributed by atoms with Crippen LogP contribution >= 0.6 is 0 Å². The number of ether oxygens (including phenoxy) is 1. The molecule has 0 aliphatic carbocycles. The monoisotopic (exact) mass is 690 g/mol. The summed E-state index contributed by atoms with van der Waals surface area (Å²) in [7, 11) is 1.71. The summed E-state index contributed by atoms with van der Waals surface area (Å²) in [6.07, 6.45) is 2.86. The molecular weight excluding hydrogens is 649 g/mol. The van der Waals surface area contributed by atoms with E-state index in [0.717, 1.165) is 56.7 Å². The van der Waals surface area contributed by atoms with E-state index >= 15 is 0 Å². The van der Waals surface area contributed by atoms with Gasteiger partial charge in [0.25, 0.3) is 0 Å². The van der Waals surface area contributed by atoms with Crippen LogP contribution in [0.25, 0.3) is 27.8 Å². The number of nitrogens with zero attached hydrogens (tertiary/aromatic N) is 1. The molecule has 0 saturated carbocycles. The summed E-state index contributed by atoms with van der Waals surface area (Å²) in [4.78, 5) is 0. The number of hydrogen-bond donors (Lipinski definition) is 3. The average Bonchev–Trinajstić information content (AvgIpc) is 3.24. The highest BCUT2D eigenvalue weighted by Crippen LogP contribution is 2.31. The molecule has 7 aromatic carbocycles. The lowest BCUT2D eigenvalue weighted by Gasteiger charge is -2.13. The number of para-hydroxylation sites is 1. The van der Waals surface area contributed by atoms with Gasteiger partial charge in [0, 0.05) is 11.1 Å². The lowest BCUT2D eigenvalue weighted by molar-refractivity contribution is 0.416. The van der Waals surface area contributed by atoms with E-state index in [4.69, 9.17) is 21.7 Å². The van der Waals surface area contributed by atoms with E-state index in [9.17, 15) is 0 Å². The fraction of sp³-hybridized carbons (Fsp3) is 0.0417. The van der Waals surface area contributed by atoms with Crippen molar-refractivity contribution in [3.05, 3.63) is 228 Å². The highest BCUT2D eigenvalue weighted by atomic mass is 16.5. The highest BCUT2D eigenvalue weighted by Gasteiger charge is 2.11. The van der Waals surface area contributed by atoms with Crippen LogP contribution in [0.5, 0.6) is 5.75 Å². The zero-order valence-electron chi connectivity index (χ0n) is 29.7. The van der Waals surface area contributed by atoms with Gasteiger partial charge in [-0.2, -0.15) is 5.10 Å². The molecule has 0 fully saturated rings. The zero-order valence-corrected chi connectivity index (χ0v) is 29.7. The van der Waals surface area contributed by atoms with E-state index in [1.165, 1.54) is 16.7 Å². The second-order valence-corrected chi connectivity index (χ2v) is 12.4. The molecule has 260 valence electrons. The minimum Gasteiger partial charge on any atom is -0.496 e. The molecule has 5 nitrogen and oxygen atoms in total. The Morgan fingerprint density at radius 3 is 1.75 bits per heavy atom. The third-order valence-electron chi connectivity index (χ3n) is 8.89. The van der Waals surface area contributed by atoms with E-state index in [2.05, 4.69) is 90.0 Å². The average molecular weight is 691 g/mol. The van der Waals surface area contributed by atoms with Crippen molar-refractivity contribution in [3.8, 4) is 28.0 Å². The van der Waals surface area contributed by atoms with Crippen molar-refractivity contribution in [2.75, 3.05) is 7.11 Å². The molecule has 0 bridgehead atoms. The van der Waals surface area contributed by atoms with E-state index in [1.54, 1.807) is 7.11 Å². The van der Waals surface area contributed by atoms with Crippen LogP contribution < -0.4 is 16.3 Å². The van der Waals surface area contributed by atoms with Gasteiger partial charge in [-0.1, -0.05) is 170 Å². The van der Waals surface area contributed by atoms with Crippen LogP contribution in [0.4, 0.5) is 0 Å². The van der Waals surface area contributed by atoms with Gasteiger partial charge in [-0.15, -0.1) is 0 Å². The number of allylic oxidation sites excluding steroid dienone is 1. The summed E-state index contributed by atoms with van der Waals surface area (Å²) in [6, 6.07) is 63.4. The van der Waals surface area contributed by atoms with Crippen LogP contribution in [-0.4, -0.2) is 18.7 Å². The molecule has 0 heterocycles. The molecule has 7 rings (SSSR count). The Morgan fingerprint density at radius 1 is 0.547 bits per heavy atom. The van der Waals surface area contributed by atoms with E-state index in [1.807, 2.05) is 109 Å². The van der Waals surface area contributed by atoms with Crippen molar-refractivity contribution in [2.45, 2.75) is 6.42 Å². The smallest absolute Gasteiger partial charge is 0.150 e. The maximum atomic E-state index is 8.71. The summed E-state index contributed by atoms with van der Waals surface area (Å²) >= 11 is 0. The van der Waals surface area contributed by atoms with E-state index in [0.29, 0.717) is 5.71 Å². The van der Waals surface area contributed by atoms with Crippen molar-refractivity contribution in [2.24, 2.45) is 16.7 Å². The minimum absolute atomic E-state index is 0.266. The quantitative estimate of drug-likeness (QED) is 0.0577. The molecule has 53 heavy (non-hydrogen) atoms. The van der Waals surface area contributed by atoms with Gasteiger partial charge in [-0.05, 0) is 80.8 Å². The Kier molecular flexibility index (Phi) is 12.0. The molecule has 7 aromatic rings. The molecule has 0 amide bonds. The standard InChI is InChI=1S/C28H24N4.C20H18O/c29-27(21-11-5-2-6-12-21)19-26(24-15-8-16-25(18-24)28(30)32-31)23-14-7-13-22(17-23)20-9-3-1-4-10-20;1-21-20-10-6-5-9-19(20)18-13-11-17(12-14-18)15-16-7-3-2-4-8-16/h1-19,29H,31H2,(H2,30,32);2-14H,15H2,1H3/b26-19-,29-27?;. The van der Waals surface area contributed by atoms with Gasteiger partial charge >= 0.3 is 0 Å². The number of rotatable bonds is 10. The summed E-state index contributed by atoms with van der Waals surface area (Å²) < 4.78 is 5.43. The number of hydrogen-bond acceptors (Lipinski definition) is 4. The molecule has 0 saturated heterocycles. The molecule has 0 aliphatic heterocycles. The first kappa shape index (κ1) is 35.8. The summed E-state index contributed by atoms with van der Waals surface area (Å²) in [6.45, 7) is 0. The third kappa shape index (κ3) is 9.43. The third-order valence-corrected chi connectivity index (χ3v) is 8.89. The van der Waals surface area contributed by atoms with Crippen LogP contribution in [0.1, 0.15) is 33.4 Å². The second-order valence-electron chi connectivity index (χ2n) is 12.4. The summed E-state index contributed by atoms with van der Waals surface area (Å²) in [5.74, 6) is 6.57. The summed E-state index contributed by atoms with van der Waals surface area (Å²) in [5.41, 5.74) is 18.0. The second kappa shape index (κ2) is 17.8. The number of amidine groups is 1. The number of benzene rings is 7. The van der Waals surface area contributed by atoms with Crippen molar-refractivity contribution in [3.63, 3.8) is 0 Å². The van der Waals surface area contributed by atoms with Gasteiger partial charge in [0.05, 0.1) is 12.8 Å². The minimum atomic E-state index is 0.266. The predicted octanol–water partition coefficient (Wildman–Crippen LogP) is 10.4. The topological polar surface area (TPSA) is 97.5 Å². The Balaban J connectivity index is 0.000000198. The fourth-order valence-corrected chi connectivity index (χ4v) is 6.11. The van der Waals surface area contributed by atoms with Crippen molar-refractivity contribution >= 4 is 17.1 Å². The van der Waals surface area contributed by atoms with Crippen molar-refractivity contribution in [1.29, 1.82) is 5.41 Å². The van der Waals surface area contributed by atoms with E-state index in [-0.39, 0.29) is 5.84 Å². The molecule has 0 radical (unpaired) electrons. The SMILES string of the molecule is COc1ccccc1-c1ccc(Cc2ccccc2)cc1.N=C(/C=C(\c1cccc(/C(N)=N/N)c1)c1cccc(-c2ccccc2)c1)c1ccccc1. The number of hydrazone groups is 1. The van der Waals surface area contributed by atoms with Gasteiger partial charge in [-0.25, -0.2) is 0 Å². The maximum Gasteiger partial charge on any atom is 0.150 e. The van der Waals surface area contributed by atoms with Gasteiger partial charge in [0.2, 0.25) is 0 Å². The van der Waals surface area contributed by atoms with E-state index < -0.39 is 0 Å². The van der Waals surface area contributed by atoms with Gasteiger partial charge < -0.3 is 21.7 Å². The van der Waals surface area contributed by atoms with Crippen molar-refractivity contribution in [1.82, 2.24) is 0 Å². The first-order chi connectivity index (χ1) is 26.0. The highest BCUT2D eigenvalue weighted by molar-refractivity contribution is 6.12. The first-order valence-corrected chi connectivity index (χ1v) is 17.4. The van der Waals surface area contributed by atoms with Crippen LogP contribution in [-0.2, 0) is 6.42 Å². The molecule has 5 N–H and O–H groups in total. The fourth-order valence-electron chi connectivity index (χ4n) is 6.11. The molecule has 0 unspecified atom stereocenters. The summed E-state index contributed by atoms with van der Waals surface area (Å²) in [5, 5.41) is 12.3. The molecule has 0 aromatic heterocycles. The number of methoxy groups -OCH3 is 1. The molecule has 0 atom stereocenters. The zero-order chi connectivity index (χ0) is 36.8. The normalized spacial score (nSPS) is 11.3. The van der Waals surface area contributed by atoms with Crippen LogP contribution in [0.3, 0.4) is 0 Å². The van der Waals surface area contributed by atoms with Gasteiger partial charge in [-0.3, -0.25) is 0 Å². The number of nitrogens with one attached hydrogen (secondary N) is 1. The Morgan fingerprint density at radius 2 is 1.08 bits per heavy atom. The molecule has 0 aliphatic rings. The molecular formula is C48H42N4O.